The Morgan fingerprint density at radius 2 is 1.50 bits per heavy atom. The third-order valence-corrected chi connectivity index (χ3v) is 8.56. The van der Waals surface area contributed by atoms with E-state index in [1.807, 2.05) is 55.3 Å². The van der Waals surface area contributed by atoms with Crippen LogP contribution in [0.3, 0.4) is 0 Å². The second-order valence-electron chi connectivity index (χ2n) is 11.6. The van der Waals surface area contributed by atoms with Crippen molar-refractivity contribution in [2.24, 2.45) is 0 Å². The molecule has 5 aromatic rings. The summed E-state index contributed by atoms with van der Waals surface area (Å²) in [5.41, 5.74) is 7.54. The number of hydrogen-bond acceptors (Lipinski definition) is 7. The van der Waals surface area contributed by atoms with Gasteiger partial charge in [-0.3, -0.25) is 9.47 Å². The Hall–Kier alpha value is -3.98. The van der Waals surface area contributed by atoms with Gasteiger partial charge in [0, 0.05) is 63.3 Å². The molecule has 3 heterocycles. The van der Waals surface area contributed by atoms with Gasteiger partial charge in [0.2, 0.25) is 0 Å². The highest BCUT2D eigenvalue weighted by Crippen LogP contribution is 2.32. The average molecular weight is 612 g/mol. The number of para-hydroxylation sites is 1. The number of aliphatic hydroxyl groups is 1. The molecule has 1 aliphatic heterocycles. The maximum absolute atomic E-state index is 11.1. The molecule has 1 atom stereocenters. The van der Waals surface area contributed by atoms with Crippen molar-refractivity contribution in [2.75, 3.05) is 56.1 Å². The zero-order chi connectivity index (χ0) is 29.9. The van der Waals surface area contributed by atoms with Gasteiger partial charge in [-0.05, 0) is 56.5 Å². The van der Waals surface area contributed by atoms with E-state index < -0.39 is 6.10 Å². The van der Waals surface area contributed by atoms with Crippen LogP contribution in [0.1, 0.15) is 23.4 Å². The van der Waals surface area contributed by atoms with Gasteiger partial charge in [0.15, 0.2) is 17.0 Å². The lowest BCUT2D eigenvalue weighted by Crippen LogP contribution is -2.47. The molecule has 9 heteroatoms. The summed E-state index contributed by atoms with van der Waals surface area (Å²) < 4.78 is 2.10. The average Bonchev–Trinajstić information content (AvgIpc) is 3.41. The minimum Gasteiger partial charge on any atom is -0.391 e. The van der Waals surface area contributed by atoms with Crippen molar-refractivity contribution in [3.8, 4) is 17.1 Å². The number of rotatable bonds is 9. The molecular formula is C35H42ClN7O. The zero-order valence-corrected chi connectivity index (χ0v) is 26.8. The first-order valence-corrected chi connectivity index (χ1v) is 15.2. The lowest BCUT2D eigenvalue weighted by molar-refractivity contribution is 0.143. The molecule has 44 heavy (non-hydrogen) atoms. The maximum Gasteiger partial charge on any atom is 0.170 e. The number of aromatic nitrogens is 4. The molecule has 1 unspecified atom stereocenters. The van der Waals surface area contributed by atoms with E-state index in [1.54, 1.807) is 0 Å². The molecule has 0 saturated carbocycles. The Morgan fingerprint density at radius 1 is 0.818 bits per heavy atom. The summed E-state index contributed by atoms with van der Waals surface area (Å²) in [5, 5.41) is 11.1. The number of hydrogen-bond donors (Lipinski definition) is 1. The van der Waals surface area contributed by atoms with E-state index in [2.05, 4.69) is 70.7 Å². The van der Waals surface area contributed by atoms with E-state index >= 15 is 0 Å². The molecule has 1 aliphatic rings. The Morgan fingerprint density at radius 3 is 2.20 bits per heavy atom. The second kappa shape index (κ2) is 13.8. The summed E-state index contributed by atoms with van der Waals surface area (Å²) in [7, 11) is 1.98. The van der Waals surface area contributed by atoms with Crippen LogP contribution in [0.25, 0.3) is 28.2 Å². The predicted octanol–water partition coefficient (Wildman–Crippen LogP) is 5.84. The lowest BCUT2D eigenvalue weighted by atomic mass is 10.1. The lowest BCUT2D eigenvalue weighted by Gasteiger charge is -2.37. The number of aryl methyl sites for hydroxylation is 2. The van der Waals surface area contributed by atoms with Crippen LogP contribution in [0.2, 0.25) is 0 Å². The highest BCUT2D eigenvalue weighted by Gasteiger charge is 2.23. The number of halogens is 1. The Kier molecular flexibility index (Phi) is 9.84. The molecule has 0 radical (unpaired) electrons. The molecule has 6 rings (SSSR count). The van der Waals surface area contributed by atoms with Gasteiger partial charge in [0.05, 0.1) is 6.10 Å². The molecular weight excluding hydrogens is 570 g/mol. The van der Waals surface area contributed by atoms with Crippen molar-refractivity contribution in [3.63, 3.8) is 0 Å². The first-order chi connectivity index (χ1) is 20.9. The molecule has 3 aromatic carbocycles. The first-order valence-electron chi connectivity index (χ1n) is 15.2. The molecule has 1 N–H and O–H groups in total. The largest absolute Gasteiger partial charge is 0.391 e. The van der Waals surface area contributed by atoms with Crippen LogP contribution in [-0.4, -0.2) is 81.9 Å². The maximum atomic E-state index is 11.1. The normalized spacial score (nSPS) is 14.4. The van der Waals surface area contributed by atoms with E-state index in [0.717, 1.165) is 66.8 Å². The topological polar surface area (TPSA) is 73.6 Å². The van der Waals surface area contributed by atoms with Crippen LogP contribution >= 0.6 is 12.4 Å². The molecule has 8 nitrogen and oxygen atoms in total. The highest BCUT2D eigenvalue weighted by molar-refractivity contribution is 5.88. The molecule has 1 fully saturated rings. The first kappa shape index (κ1) is 31.4. The zero-order valence-electron chi connectivity index (χ0n) is 26.0. The fourth-order valence-electron chi connectivity index (χ4n) is 6.03. The molecule has 2 aromatic heterocycles. The molecule has 230 valence electrons. The summed E-state index contributed by atoms with van der Waals surface area (Å²) in [6.07, 6.45) is 0.214. The smallest absolute Gasteiger partial charge is 0.170 e. The van der Waals surface area contributed by atoms with Crippen LogP contribution in [0.5, 0.6) is 0 Å². The minimum atomic E-state index is -0.489. The van der Waals surface area contributed by atoms with E-state index in [9.17, 15) is 5.11 Å². The predicted molar refractivity (Wildman–Crippen MR) is 183 cm³/mol. The summed E-state index contributed by atoms with van der Waals surface area (Å²) >= 11 is 0. The SMILES string of the molecule is Cc1nc(N(C)CC(O)CCN2CCN(c3cccc(C)c3C)CC2)c2nc(-c3ccccc3)n(-c3ccccc3)c2n1.Cl. The fraction of sp³-hybridized carbons (Fsp3) is 0.343. The van der Waals surface area contributed by atoms with Crippen LogP contribution in [0.15, 0.2) is 78.9 Å². The van der Waals surface area contributed by atoms with Crippen molar-refractivity contribution in [2.45, 2.75) is 33.3 Å². The van der Waals surface area contributed by atoms with Crippen molar-refractivity contribution in [1.82, 2.24) is 24.4 Å². The van der Waals surface area contributed by atoms with E-state index in [4.69, 9.17) is 15.0 Å². The van der Waals surface area contributed by atoms with Gasteiger partial charge < -0.3 is 14.9 Å². The van der Waals surface area contributed by atoms with Crippen molar-refractivity contribution < 1.29 is 5.11 Å². The third kappa shape index (κ3) is 6.58. The number of nitrogens with zero attached hydrogens (tertiary/aromatic N) is 7. The molecule has 1 saturated heterocycles. The van der Waals surface area contributed by atoms with Gasteiger partial charge in [0.25, 0.3) is 0 Å². The van der Waals surface area contributed by atoms with Gasteiger partial charge in [-0.1, -0.05) is 60.7 Å². The number of anilines is 2. The van der Waals surface area contributed by atoms with Crippen molar-refractivity contribution in [3.05, 3.63) is 95.8 Å². The van der Waals surface area contributed by atoms with Gasteiger partial charge in [-0.2, -0.15) is 0 Å². The Bertz CT molecular complexity index is 1680. The summed E-state index contributed by atoms with van der Waals surface area (Å²) in [6, 6.07) is 26.9. The van der Waals surface area contributed by atoms with Gasteiger partial charge in [-0.15, -0.1) is 12.4 Å². The van der Waals surface area contributed by atoms with E-state index in [0.29, 0.717) is 18.8 Å². The summed E-state index contributed by atoms with van der Waals surface area (Å²) in [6.45, 7) is 11.7. The second-order valence-corrected chi connectivity index (χ2v) is 11.6. The van der Waals surface area contributed by atoms with Crippen molar-refractivity contribution >= 4 is 35.1 Å². The number of imidazole rings is 1. The third-order valence-electron chi connectivity index (χ3n) is 8.56. The highest BCUT2D eigenvalue weighted by atomic mass is 35.5. The Labute approximate surface area is 266 Å². The van der Waals surface area contributed by atoms with Crippen LogP contribution in [-0.2, 0) is 0 Å². The van der Waals surface area contributed by atoms with Crippen LogP contribution in [0, 0.1) is 20.8 Å². The molecule has 0 spiro atoms. The number of aliphatic hydroxyl groups excluding tert-OH is 1. The monoisotopic (exact) mass is 611 g/mol. The fourth-order valence-corrected chi connectivity index (χ4v) is 6.03. The summed E-state index contributed by atoms with van der Waals surface area (Å²) in [4.78, 5) is 21.7. The standard InChI is InChI=1S/C35H41N7O.ClH/c1-25-12-11-17-31(26(25)2)41-22-20-40(21-23-41)19-18-30(43)24-39(4)34-32-35(37-27(3)36-34)42(29-15-9-6-10-16-29)33(38-32)28-13-7-5-8-14-28;/h5-17,30,43H,18-24H2,1-4H3;1H. The van der Waals surface area contributed by atoms with Gasteiger partial charge in [-0.25, -0.2) is 15.0 Å². The van der Waals surface area contributed by atoms with Gasteiger partial charge >= 0.3 is 0 Å². The minimum absolute atomic E-state index is 0. The van der Waals surface area contributed by atoms with E-state index in [-0.39, 0.29) is 12.4 Å². The molecule has 0 aliphatic carbocycles. The van der Waals surface area contributed by atoms with Crippen molar-refractivity contribution in [1.29, 1.82) is 0 Å². The number of piperazine rings is 1. The summed E-state index contributed by atoms with van der Waals surface area (Å²) in [5.74, 6) is 2.22. The van der Waals surface area contributed by atoms with Crippen LogP contribution < -0.4 is 9.80 Å². The van der Waals surface area contributed by atoms with E-state index in [1.165, 1.54) is 16.8 Å². The molecule has 0 amide bonds. The number of benzene rings is 3. The quantitative estimate of drug-likeness (QED) is 0.224. The van der Waals surface area contributed by atoms with Gasteiger partial charge in [0.1, 0.15) is 11.6 Å². The van der Waals surface area contributed by atoms with Crippen LogP contribution in [0.4, 0.5) is 11.5 Å². The Balaban J connectivity index is 0.00000384. The number of likely N-dealkylation sites (N-methyl/N-ethyl adjacent to an activating group) is 1. The number of fused-ring (bicyclic) bond motifs is 1. The molecule has 0 bridgehead atoms.